The van der Waals surface area contributed by atoms with Crippen molar-refractivity contribution >= 4 is 50.7 Å². The molecule has 2 amide bonds. The Morgan fingerprint density at radius 3 is 2.32 bits per heavy atom. The summed E-state index contributed by atoms with van der Waals surface area (Å²) in [5, 5.41) is 3.55. The van der Waals surface area contributed by atoms with E-state index in [2.05, 4.69) is 5.32 Å². The highest BCUT2D eigenvalue weighted by atomic mass is 35.5. The van der Waals surface area contributed by atoms with Gasteiger partial charge in [-0.1, -0.05) is 79.2 Å². The summed E-state index contributed by atoms with van der Waals surface area (Å²) in [6.45, 7) is 3.21. The second-order valence-electron chi connectivity index (χ2n) is 11.1. The van der Waals surface area contributed by atoms with Crippen LogP contribution in [0.25, 0.3) is 0 Å². The van der Waals surface area contributed by atoms with Crippen LogP contribution in [0.3, 0.4) is 0 Å². The average molecular weight is 661 g/mol. The van der Waals surface area contributed by atoms with E-state index < -0.39 is 28.5 Å². The normalized spacial score (nSPS) is 14.5. The molecule has 11 heteroatoms. The third-order valence-corrected chi connectivity index (χ3v) is 10.4. The van der Waals surface area contributed by atoms with Gasteiger partial charge in [-0.3, -0.25) is 13.9 Å². The topological polar surface area (TPSA) is 96.0 Å². The van der Waals surface area contributed by atoms with Gasteiger partial charge >= 0.3 is 0 Å². The van der Waals surface area contributed by atoms with Crippen molar-refractivity contribution in [3.05, 3.63) is 87.9 Å². The number of anilines is 1. The van der Waals surface area contributed by atoms with Gasteiger partial charge in [0, 0.05) is 12.6 Å². The molecule has 0 aromatic heterocycles. The number of carbonyl (C=O) groups is 2. The Hall–Kier alpha value is -3.27. The number of nitrogens with zero attached hydrogens (tertiary/aromatic N) is 2. The number of nitrogens with one attached hydrogen (secondary N) is 1. The van der Waals surface area contributed by atoms with E-state index >= 15 is 0 Å². The highest BCUT2D eigenvalue weighted by Crippen LogP contribution is 2.31. The first kappa shape index (κ1) is 33.6. The summed E-state index contributed by atoms with van der Waals surface area (Å²) in [4.78, 5) is 29.5. The molecule has 1 saturated carbocycles. The predicted octanol–water partition coefficient (Wildman–Crippen LogP) is 6.76. The zero-order valence-corrected chi connectivity index (χ0v) is 27.6. The molecular formula is C33H39Cl2N3O5S. The lowest BCUT2D eigenvalue weighted by molar-refractivity contribution is -0.140. The molecule has 1 N–H and O–H groups in total. The maximum absolute atomic E-state index is 14.3. The van der Waals surface area contributed by atoms with Crippen LogP contribution in [0.2, 0.25) is 10.0 Å². The maximum atomic E-state index is 14.3. The Labute approximate surface area is 270 Å². The molecule has 4 rings (SSSR count). The van der Waals surface area contributed by atoms with Gasteiger partial charge in [0.25, 0.3) is 10.0 Å². The minimum absolute atomic E-state index is 0.0170. The molecule has 1 atom stereocenters. The monoisotopic (exact) mass is 659 g/mol. The van der Waals surface area contributed by atoms with Crippen LogP contribution in [0.4, 0.5) is 5.69 Å². The third-order valence-electron chi connectivity index (χ3n) is 7.90. The molecule has 0 spiro atoms. The van der Waals surface area contributed by atoms with Gasteiger partial charge in [0.2, 0.25) is 11.8 Å². The van der Waals surface area contributed by atoms with Crippen LogP contribution in [-0.2, 0) is 26.2 Å². The lowest BCUT2D eigenvalue weighted by atomic mass is 9.95. The summed E-state index contributed by atoms with van der Waals surface area (Å²) < 4.78 is 34.5. The second kappa shape index (κ2) is 15.1. The van der Waals surface area contributed by atoms with E-state index in [0.29, 0.717) is 12.2 Å². The van der Waals surface area contributed by atoms with E-state index in [-0.39, 0.29) is 39.1 Å². The number of sulfonamides is 1. The number of ether oxygens (including phenoxy) is 1. The standard InChI is InChI=1S/C33H39Cl2N3O5S/c1-4-31(33(40)36-25-10-6-5-7-11-25)37(21-24-9-8-12-27(19-24)43-3)32(39)22-38(26-15-18-29(34)30(35)20-26)44(41,42)28-16-13-23(2)14-17-28/h8-9,12-20,25,31H,4-7,10-11,21-22H2,1-3H3,(H,36,40)/t31-/m0/s1. The van der Waals surface area contributed by atoms with Gasteiger partial charge in [-0.15, -0.1) is 0 Å². The Morgan fingerprint density at radius 1 is 0.977 bits per heavy atom. The molecular weight excluding hydrogens is 621 g/mol. The number of hydrogen-bond donors (Lipinski definition) is 1. The van der Waals surface area contributed by atoms with Crippen LogP contribution in [0.15, 0.2) is 71.6 Å². The van der Waals surface area contributed by atoms with Crippen LogP contribution >= 0.6 is 23.2 Å². The molecule has 3 aromatic rings. The van der Waals surface area contributed by atoms with E-state index in [1.54, 1.807) is 31.4 Å². The van der Waals surface area contributed by atoms with E-state index in [9.17, 15) is 18.0 Å². The summed E-state index contributed by atoms with van der Waals surface area (Å²) >= 11 is 12.5. The van der Waals surface area contributed by atoms with Crippen molar-refractivity contribution in [1.82, 2.24) is 10.2 Å². The van der Waals surface area contributed by atoms with E-state index in [1.165, 1.54) is 35.2 Å². The quantitative estimate of drug-likeness (QED) is 0.232. The Balaban J connectivity index is 1.73. The fourth-order valence-corrected chi connectivity index (χ4v) is 7.14. The fraction of sp³-hybridized carbons (Fsp3) is 0.394. The molecule has 3 aromatic carbocycles. The number of rotatable bonds is 12. The minimum Gasteiger partial charge on any atom is -0.497 e. The highest BCUT2D eigenvalue weighted by Gasteiger charge is 2.34. The molecule has 0 saturated heterocycles. The summed E-state index contributed by atoms with van der Waals surface area (Å²) in [5.74, 6) is -0.188. The van der Waals surface area contributed by atoms with Gasteiger partial charge in [-0.2, -0.15) is 0 Å². The first-order valence-corrected chi connectivity index (χ1v) is 17.0. The summed E-state index contributed by atoms with van der Waals surface area (Å²) in [6, 6.07) is 17.3. The second-order valence-corrected chi connectivity index (χ2v) is 13.7. The molecule has 8 nitrogen and oxygen atoms in total. The van der Waals surface area contributed by atoms with Crippen LogP contribution in [0.1, 0.15) is 56.6 Å². The number of methoxy groups -OCH3 is 1. The molecule has 0 radical (unpaired) electrons. The maximum Gasteiger partial charge on any atom is 0.264 e. The SMILES string of the molecule is CC[C@@H](C(=O)NC1CCCCC1)N(Cc1cccc(OC)c1)C(=O)CN(c1ccc(Cl)c(Cl)c1)S(=O)(=O)c1ccc(C)cc1. The van der Waals surface area contributed by atoms with E-state index in [1.807, 2.05) is 26.0 Å². The number of hydrogen-bond acceptors (Lipinski definition) is 5. The molecule has 0 heterocycles. The number of carbonyl (C=O) groups excluding carboxylic acids is 2. The van der Waals surface area contributed by atoms with E-state index in [4.69, 9.17) is 27.9 Å². The smallest absolute Gasteiger partial charge is 0.264 e. The largest absolute Gasteiger partial charge is 0.497 e. The number of aryl methyl sites for hydroxylation is 1. The lowest BCUT2D eigenvalue weighted by Crippen LogP contribution is -2.54. The lowest BCUT2D eigenvalue weighted by Gasteiger charge is -2.34. The number of benzene rings is 3. The number of halogens is 2. The van der Waals surface area contributed by atoms with Gasteiger partial charge in [0.05, 0.1) is 27.7 Å². The van der Waals surface area contributed by atoms with Crippen molar-refractivity contribution in [3.63, 3.8) is 0 Å². The molecule has 0 bridgehead atoms. The van der Waals surface area contributed by atoms with Gasteiger partial charge in [0.15, 0.2) is 0 Å². The van der Waals surface area contributed by atoms with Crippen LogP contribution in [0.5, 0.6) is 5.75 Å². The van der Waals surface area contributed by atoms with Crippen molar-refractivity contribution in [3.8, 4) is 5.75 Å². The Bertz CT molecular complexity index is 1560. The Kier molecular flexibility index (Phi) is 11.6. The van der Waals surface area contributed by atoms with Gasteiger partial charge < -0.3 is 15.0 Å². The van der Waals surface area contributed by atoms with Crippen LogP contribution < -0.4 is 14.4 Å². The molecule has 0 unspecified atom stereocenters. The average Bonchev–Trinajstić information content (AvgIpc) is 3.01. The molecule has 236 valence electrons. The van der Waals surface area contributed by atoms with Crippen LogP contribution in [0, 0.1) is 6.92 Å². The first-order chi connectivity index (χ1) is 21.0. The third kappa shape index (κ3) is 8.25. The molecule has 0 aliphatic heterocycles. The molecule has 1 fully saturated rings. The van der Waals surface area contributed by atoms with Crippen molar-refractivity contribution in [2.45, 2.75) is 75.9 Å². The van der Waals surface area contributed by atoms with Crippen LogP contribution in [-0.4, -0.2) is 50.9 Å². The van der Waals surface area contributed by atoms with E-state index in [0.717, 1.165) is 47.5 Å². The van der Waals surface area contributed by atoms with Crippen molar-refractivity contribution in [2.24, 2.45) is 0 Å². The van der Waals surface area contributed by atoms with Gasteiger partial charge in [0.1, 0.15) is 18.3 Å². The summed E-state index contributed by atoms with van der Waals surface area (Å²) in [7, 11) is -2.67. The van der Waals surface area contributed by atoms with Crippen molar-refractivity contribution in [2.75, 3.05) is 18.0 Å². The van der Waals surface area contributed by atoms with Crippen molar-refractivity contribution < 1.29 is 22.7 Å². The minimum atomic E-state index is -4.22. The van der Waals surface area contributed by atoms with Crippen molar-refractivity contribution in [1.29, 1.82) is 0 Å². The zero-order chi connectivity index (χ0) is 31.9. The fourth-order valence-electron chi connectivity index (χ4n) is 5.44. The summed E-state index contributed by atoms with van der Waals surface area (Å²) in [6.07, 6.45) is 5.36. The molecule has 1 aliphatic carbocycles. The molecule has 1 aliphatic rings. The Morgan fingerprint density at radius 2 is 1.68 bits per heavy atom. The zero-order valence-electron chi connectivity index (χ0n) is 25.3. The van der Waals surface area contributed by atoms with Gasteiger partial charge in [-0.25, -0.2) is 8.42 Å². The number of amides is 2. The summed E-state index contributed by atoms with van der Waals surface area (Å²) in [5.41, 5.74) is 1.80. The molecule has 44 heavy (non-hydrogen) atoms. The first-order valence-electron chi connectivity index (χ1n) is 14.8. The predicted molar refractivity (Wildman–Crippen MR) is 175 cm³/mol. The highest BCUT2D eigenvalue weighted by molar-refractivity contribution is 7.92. The van der Waals surface area contributed by atoms with Gasteiger partial charge in [-0.05, 0) is 74.2 Å².